The van der Waals surface area contributed by atoms with Crippen LogP contribution < -0.4 is 5.32 Å². The number of piperidine rings is 1. The van der Waals surface area contributed by atoms with Crippen molar-refractivity contribution >= 4 is 5.91 Å². The van der Waals surface area contributed by atoms with Gasteiger partial charge in [-0.1, -0.05) is 6.58 Å². The van der Waals surface area contributed by atoms with Gasteiger partial charge in [0.2, 0.25) is 0 Å². The summed E-state index contributed by atoms with van der Waals surface area (Å²) in [7, 11) is 0. The van der Waals surface area contributed by atoms with E-state index in [1.54, 1.807) is 24.8 Å². The Morgan fingerprint density at radius 1 is 1.50 bits per heavy atom. The second kappa shape index (κ2) is 9.57. The molecule has 1 fully saturated rings. The molecule has 0 aliphatic carbocycles. The van der Waals surface area contributed by atoms with Gasteiger partial charge in [0.25, 0.3) is 5.91 Å². The minimum absolute atomic E-state index is 0.0103. The Hall–Kier alpha value is -2.54. The summed E-state index contributed by atoms with van der Waals surface area (Å²) in [5, 5.41) is 10.4. The minimum atomic E-state index is 0.0103. The Morgan fingerprint density at radius 3 is 2.83 bits per heavy atom. The third kappa shape index (κ3) is 5.58. The van der Waals surface area contributed by atoms with Crippen molar-refractivity contribution in [3.63, 3.8) is 0 Å². The van der Waals surface area contributed by atoms with E-state index in [9.17, 15) is 4.79 Å². The summed E-state index contributed by atoms with van der Waals surface area (Å²) in [4.78, 5) is 24.4. The second-order valence-electron chi connectivity index (χ2n) is 5.79. The number of carbonyl (C=O) groups excluding carboxylic acids is 1. The molecule has 3 heterocycles. The van der Waals surface area contributed by atoms with Gasteiger partial charge in [-0.15, -0.1) is 0 Å². The van der Waals surface area contributed by atoms with Crippen molar-refractivity contribution in [1.29, 1.82) is 0 Å². The number of rotatable bonds is 5. The maximum Gasteiger partial charge on any atom is 0.252 e. The Labute approximate surface area is 141 Å². The Balaban J connectivity index is 0.000000647. The molecule has 7 heteroatoms. The summed E-state index contributed by atoms with van der Waals surface area (Å²) in [6.07, 6.45) is 10.1. The molecule has 0 aromatic carbocycles. The predicted octanol–water partition coefficient (Wildman–Crippen LogP) is 2.07. The lowest BCUT2D eigenvalue weighted by molar-refractivity contribution is 0.0935. The molecule has 0 saturated carbocycles. The maximum absolute atomic E-state index is 11.9. The summed E-state index contributed by atoms with van der Waals surface area (Å²) in [6, 6.07) is 1.79. The first-order valence-electron chi connectivity index (χ1n) is 8.08. The van der Waals surface area contributed by atoms with Crippen LogP contribution in [0.1, 0.15) is 28.9 Å². The normalized spacial score (nSPS) is 15.3. The molecule has 130 valence electrons. The van der Waals surface area contributed by atoms with Crippen molar-refractivity contribution in [3.8, 4) is 0 Å². The molecule has 0 bridgehead atoms. The van der Waals surface area contributed by atoms with Crippen LogP contribution in [-0.4, -0.2) is 50.5 Å². The fourth-order valence-corrected chi connectivity index (χ4v) is 2.76. The van der Waals surface area contributed by atoms with E-state index in [2.05, 4.69) is 31.7 Å². The zero-order valence-corrected chi connectivity index (χ0v) is 13.7. The van der Waals surface area contributed by atoms with E-state index in [0.717, 1.165) is 51.0 Å². The third-order valence-corrected chi connectivity index (χ3v) is 4.07. The van der Waals surface area contributed by atoms with Gasteiger partial charge in [0, 0.05) is 37.4 Å². The highest BCUT2D eigenvalue weighted by Crippen LogP contribution is 2.18. The van der Waals surface area contributed by atoms with Crippen molar-refractivity contribution < 1.29 is 9.90 Å². The molecule has 2 aromatic heterocycles. The fraction of sp³-hybridized carbons (Fsp3) is 0.412. The molecule has 3 rings (SSSR count). The third-order valence-electron chi connectivity index (χ3n) is 4.07. The first-order chi connectivity index (χ1) is 11.7. The van der Waals surface area contributed by atoms with Crippen LogP contribution >= 0.6 is 0 Å². The number of hydrogen-bond donors (Lipinski definition) is 4. The molecular weight excluding hydrogens is 306 g/mol. The molecule has 0 radical (unpaired) electrons. The van der Waals surface area contributed by atoms with E-state index in [4.69, 9.17) is 5.11 Å². The van der Waals surface area contributed by atoms with Crippen LogP contribution in [0.2, 0.25) is 0 Å². The summed E-state index contributed by atoms with van der Waals surface area (Å²) in [6.45, 7) is 6.76. The average Bonchev–Trinajstić information content (AvgIpc) is 3.28. The SMILES string of the molecule is C=CO.O=C(NCC1CCN(Cc2cnc[nH]2)CC1)c1cc[nH]c1. The lowest BCUT2D eigenvalue weighted by Crippen LogP contribution is -2.38. The molecule has 7 nitrogen and oxygen atoms in total. The van der Waals surface area contributed by atoms with Crippen LogP contribution in [0.5, 0.6) is 0 Å². The van der Waals surface area contributed by atoms with Gasteiger partial charge in [0.05, 0.1) is 18.2 Å². The summed E-state index contributed by atoms with van der Waals surface area (Å²) >= 11 is 0. The molecule has 0 atom stereocenters. The lowest BCUT2D eigenvalue weighted by Gasteiger charge is -2.31. The highest BCUT2D eigenvalue weighted by Gasteiger charge is 2.20. The number of imidazole rings is 1. The van der Waals surface area contributed by atoms with Gasteiger partial charge in [-0.2, -0.15) is 0 Å². The van der Waals surface area contributed by atoms with E-state index in [-0.39, 0.29) is 5.91 Å². The number of aromatic nitrogens is 3. The largest absolute Gasteiger partial charge is 0.516 e. The average molecular weight is 331 g/mol. The molecule has 2 aromatic rings. The zero-order valence-electron chi connectivity index (χ0n) is 13.7. The van der Waals surface area contributed by atoms with Crippen LogP contribution in [0.4, 0.5) is 0 Å². The highest BCUT2D eigenvalue weighted by molar-refractivity contribution is 5.93. The fourth-order valence-electron chi connectivity index (χ4n) is 2.76. The Bertz CT molecular complexity index is 587. The van der Waals surface area contributed by atoms with Gasteiger partial charge in [-0.3, -0.25) is 9.69 Å². The van der Waals surface area contributed by atoms with E-state index in [0.29, 0.717) is 11.5 Å². The number of carbonyl (C=O) groups is 1. The molecule has 4 N–H and O–H groups in total. The number of aliphatic hydroxyl groups excluding tert-OH is 1. The molecular formula is C17H25N5O2. The van der Waals surface area contributed by atoms with Crippen LogP contribution in [-0.2, 0) is 6.54 Å². The number of nitrogens with one attached hydrogen (secondary N) is 3. The van der Waals surface area contributed by atoms with Gasteiger partial charge in [-0.05, 0) is 37.9 Å². The lowest BCUT2D eigenvalue weighted by atomic mass is 9.96. The van der Waals surface area contributed by atoms with Crippen LogP contribution in [0, 0.1) is 5.92 Å². The Morgan fingerprint density at radius 2 is 2.25 bits per heavy atom. The van der Waals surface area contributed by atoms with Crippen LogP contribution in [0.25, 0.3) is 0 Å². The first-order valence-corrected chi connectivity index (χ1v) is 8.08. The topological polar surface area (TPSA) is 97.0 Å². The smallest absolute Gasteiger partial charge is 0.252 e. The molecule has 0 spiro atoms. The molecule has 1 aliphatic rings. The number of amides is 1. The molecule has 1 saturated heterocycles. The highest BCUT2D eigenvalue weighted by atomic mass is 16.2. The number of H-pyrrole nitrogens is 2. The van der Waals surface area contributed by atoms with Crippen molar-refractivity contribution in [1.82, 2.24) is 25.2 Å². The number of nitrogens with zero attached hydrogens (tertiary/aromatic N) is 2. The number of hydrogen-bond acceptors (Lipinski definition) is 4. The summed E-state index contributed by atoms with van der Waals surface area (Å²) in [5.74, 6) is 0.585. The predicted molar refractivity (Wildman–Crippen MR) is 92.5 cm³/mol. The van der Waals surface area contributed by atoms with Crippen LogP contribution in [0.3, 0.4) is 0 Å². The van der Waals surface area contributed by atoms with Crippen molar-refractivity contribution in [2.24, 2.45) is 5.92 Å². The minimum Gasteiger partial charge on any atom is -0.516 e. The van der Waals surface area contributed by atoms with E-state index in [1.807, 2.05) is 6.20 Å². The van der Waals surface area contributed by atoms with E-state index >= 15 is 0 Å². The molecule has 1 amide bonds. The van der Waals surface area contributed by atoms with Gasteiger partial charge >= 0.3 is 0 Å². The second-order valence-corrected chi connectivity index (χ2v) is 5.79. The van der Waals surface area contributed by atoms with E-state index < -0.39 is 0 Å². The molecule has 24 heavy (non-hydrogen) atoms. The van der Waals surface area contributed by atoms with Crippen molar-refractivity contribution in [2.75, 3.05) is 19.6 Å². The molecule has 1 aliphatic heterocycles. The molecule has 0 unspecified atom stereocenters. The number of aliphatic hydroxyl groups is 1. The summed E-state index contributed by atoms with van der Waals surface area (Å²) in [5.41, 5.74) is 1.86. The number of aromatic amines is 2. The van der Waals surface area contributed by atoms with Crippen LogP contribution in [0.15, 0.2) is 43.8 Å². The van der Waals surface area contributed by atoms with Crippen molar-refractivity contribution in [2.45, 2.75) is 19.4 Å². The monoisotopic (exact) mass is 331 g/mol. The first kappa shape index (κ1) is 17.8. The number of likely N-dealkylation sites (tertiary alicyclic amines) is 1. The van der Waals surface area contributed by atoms with Crippen molar-refractivity contribution in [3.05, 3.63) is 55.1 Å². The summed E-state index contributed by atoms with van der Waals surface area (Å²) < 4.78 is 0. The quantitative estimate of drug-likeness (QED) is 0.631. The zero-order chi connectivity index (χ0) is 17.2. The van der Waals surface area contributed by atoms with Gasteiger partial charge < -0.3 is 20.4 Å². The standard InChI is InChI=1S/C15H21N5O.C2H4O/c21-15(13-1-4-16-8-13)18-7-12-2-5-20(6-3-12)10-14-9-17-11-19-14;1-2-3/h1,4,8-9,11-12,16H,2-3,5-7,10H2,(H,17,19)(H,18,21);2-3H,1H2. The Kier molecular flexibility index (Phi) is 7.10. The van der Waals surface area contributed by atoms with Gasteiger partial charge in [-0.25, -0.2) is 4.98 Å². The van der Waals surface area contributed by atoms with Gasteiger partial charge in [0.1, 0.15) is 0 Å². The van der Waals surface area contributed by atoms with E-state index in [1.165, 1.54) is 0 Å². The maximum atomic E-state index is 11.9. The van der Waals surface area contributed by atoms with Gasteiger partial charge in [0.15, 0.2) is 0 Å².